The number of hydrogen-bond donors (Lipinski definition) is 1. The molecule has 1 aromatic carbocycles. The summed E-state index contributed by atoms with van der Waals surface area (Å²) in [6.07, 6.45) is 0.793. The van der Waals surface area contributed by atoms with E-state index in [9.17, 15) is 12.8 Å². The SMILES string of the molecule is COC(CS(=O)(=O)Nc1ccnc(C(C)(C)C)n1)c1ccc(F)cc1. The molecule has 6 nitrogen and oxygen atoms in total. The second-order valence-corrected chi connectivity index (χ2v) is 8.44. The second-order valence-electron chi connectivity index (χ2n) is 6.67. The van der Waals surface area contributed by atoms with E-state index in [1.807, 2.05) is 20.8 Å². The average molecular weight is 367 g/mol. The highest BCUT2D eigenvalue weighted by molar-refractivity contribution is 7.92. The molecule has 1 N–H and O–H groups in total. The summed E-state index contributed by atoms with van der Waals surface area (Å²) in [5.41, 5.74) is 0.275. The number of anilines is 1. The number of nitrogens with zero attached hydrogens (tertiary/aromatic N) is 2. The van der Waals surface area contributed by atoms with Crippen molar-refractivity contribution in [2.24, 2.45) is 0 Å². The Morgan fingerprint density at radius 3 is 2.40 bits per heavy atom. The molecular formula is C17H22FN3O3S. The molecule has 25 heavy (non-hydrogen) atoms. The number of benzene rings is 1. The van der Waals surface area contributed by atoms with Crippen molar-refractivity contribution in [1.29, 1.82) is 0 Å². The first-order valence-corrected chi connectivity index (χ1v) is 9.38. The van der Waals surface area contributed by atoms with E-state index in [1.165, 1.54) is 43.6 Å². The number of sulfonamides is 1. The van der Waals surface area contributed by atoms with Crippen LogP contribution < -0.4 is 4.72 Å². The van der Waals surface area contributed by atoms with Gasteiger partial charge in [-0.05, 0) is 23.8 Å². The van der Waals surface area contributed by atoms with Crippen LogP contribution in [0.15, 0.2) is 36.5 Å². The number of nitrogens with one attached hydrogen (secondary N) is 1. The number of aromatic nitrogens is 2. The Labute approximate surface area is 147 Å². The Morgan fingerprint density at radius 2 is 1.84 bits per heavy atom. The Morgan fingerprint density at radius 1 is 1.20 bits per heavy atom. The first kappa shape index (κ1) is 19.3. The van der Waals surface area contributed by atoms with Crippen LogP contribution in [0.3, 0.4) is 0 Å². The molecule has 0 saturated heterocycles. The maximum absolute atomic E-state index is 13.0. The molecule has 0 aliphatic heterocycles. The zero-order valence-corrected chi connectivity index (χ0v) is 15.5. The van der Waals surface area contributed by atoms with Gasteiger partial charge < -0.3 is 4.74 Å². The van der Waals surface area contributed by atoms with Crippen molar-refractivity contribution in [2.45, 2.75) is 32.3 Å². The molecule has 2 aromatic rings. The number of rotatable bonds is 6. The average Bonchev–Trinajstić information content (AvgIpc) is 2.52. The summed E-state index contributed by atoms with van der Waals surface area (Å²) in [5.74, 6) is 0.0305. The summed E-state index contributed by atoms with van der Waals surface area (Å²) in [5, 5.41) is 0. The molecule has 0 saturated carbocycles. The van der Waals surface area contributed by atoms with Crippen LogP contribution in [0.5, 0.6) is 0 Å². The van der Waals surface area contributed by atoms with E-state index in [-0.39, 0.29) is 17.0 Å². The van der Waals surface area contributed by atoms with Crippen LogP contribution in [0.4, 0.5) is 10.2 Å². The van der Waals surface area contributed by atoms with E-state index in [1.54, 1.807) is 0 Å². The monoisotopic (exact) mass is 367 g/mol. The molecule has 1 aromatic heterocycles. The highest BCUT2D eigenvalue weighted by atomic mass is 32.2. The molecule has 0 spiro atoms. The van der Waals surface area contributed by atoms with E-state index < -0.39 is 21.9 Å². The quantitative estimate of drug-likeness (QED) is 0.849. The van der Waals surface area contributed by atoms with E-state index in [0.29, 0.717) is 11.4 Å². The molecule has 8 heteroatoms. The normalized spacial score (nSPS) is 13.5. The summed E-state index contributed by atoms with van der Waals surface area (Å²) in [4.78, 5) is 8.42. The minimum atomic E-state index is -3.73. The number of hydrogen-bond acceptors (Lipinski definition) is 5. The summed E-state index contributed by atoms with van der Waals surface area (Å²) >= 11 is 0. The highest BCUT2D eigenvalue weighted by Gasteiger charge is 2.23. The lowest BCUT2D eigenvalue weighted by Gasteiger charge is -2.19. The van der Waals surface area contributed by atoms with E-state index in [2.05, 4.69) is 14.7 Å². The van der Waals surface area contributed by atoms with Gasteiger partial charge in [0.05, 0.1) is 11.9 Å². The van der Waals surface area contributed by atoms with Gasteiger partial charge >= 0.3 is 0 Å². The van der Waals surface area contributed by atoms with Gasteiger partial charge in [0.15, 0.2) is 0 Å². The third-order valence-electron chi connectivity index (χ3n) is 3.48. The summed E-state index contributed by atoms with van der Waals surface area (Å²) in [7, 11) is -2.32. The van der Waals surface area contributed by atoms with Gasteiger partial charge in [0, 0.05) is 18.7 Å². The third kappa shape index (κ3) is 5.47. The van der Waals surface area contributed by atoms with Crippen molar-refractivity contribution in [3.05, 3.63) is 53.7 Å². The molecule has 0 bridgehead atoms. The highest BCUT2D eigenvalue weighted by Crippen LogP contribution is 2.22. The predicted octanol–water partition coefficient (Wildman–Crippen LogP) is 3.04. The Bertz CT molecular complexity index is 818. The summed E-state index contributed by atoms with van der Waals surface area (Å²) in [6, 6.07) is 7.03. The summed E-state index contributed by atoms with van der Waals surface area (Å²) < 4.78 is 45.6. The number of ether oxygens (including phenoxy) is 1. The van der Waals surface area contributed by atoms with E-state index >= 15 is 0 Å². The van der Waals surface area contributed by atoms with Crippen molar-refractivity contribution < 1.29 is 17.5 Å². The fourth-order valence-electron chi connectivity index (χ4n) is 2.15. The topological polar surface area (TPSA) is 81.2 Å². The van der Waals surface area contributed by atoms with Gasteiger partial charge in [0.1, 0.15) is 17.5 Å². The van der Waals surface area contributed by atoms with Crippen molar-refractivity contribution in [3.63, 3.8) is 0 Å². The molecular weight excluding hydrogens is 345 g/mol. The third-order valence-corrected chi connectivity index (χ3v) is 4.75. The van der Waals surface area contributed by atoms with Crippen LogP contribution >= 0.6 is 0 Å². The molecule has 1 unspecified atom stereocenters. The van der Waals surface area contributed by atoms with Crippen LogP contribution in [0, 0.1) is 5.82 Å². The molecule has 2 rings (SSSR count). The first-order valence-electron chi connectivity index (χ1n) is 7.73. The molecule has 0 aliphatic rings. The van der Waals surface area contributed by atoms with Crippen LogP contribution in [0.1, 0.15) is 38.3 Å². The van der Waals surface area contributed by atoms with Gasteiger partial charge in [0.2, 0.25) is 10.0 Å². The minimum Gasteiger partial charge on any atom is -0.376 e. The molecule has 0 fully saturated rings. The van der Waals surface area contributed by atoms with Crippen LogP contribution in [0.25, 0.3) is 0 Å². The number of halogens is 1. The lowest BCUT2D eigenvalue weighted by molar-refractivity contribution is 0.122. The van der Waals surface area contributed by atoms with Crippen LogP contribution in [-0.2, 0) is 20.2 Å². The van der Waals surface area contributed by atoms with Gasteiger partial charge in [-0.15, -0.1) is 0 Å². The molecule has 0 radical (unpaired) electrons. The molecule has 1 heterocycles. The zero-order chi connectivity index (χ0) is 18.7. The van der Waals surface area contributed by atoms with Crippen LogP contribution in [-0.4, -0.2) is 31.2 Å². The standard InChI is InChI=1S/C17H22FN3O3S/c1-17(2,3)16-19-10-9-15(20-16)21-25(22,23)11-14(24-4)12-5-7-13(18)8-6-12/h5-10,14H,11H2,1-4H3,(H,19,20,21). The zero-order valence-electron chi connectivity index (χ0n) is 14.7. The summed E-state index contributed by atoms with van der Waals surface area (Å²) in [6.45, 7) is 5.82. The second kappa shape index (κ2) is 7.45. The Kier molecular flexibility index (Phi) is 5.74. The fourth-order valence-corrected chi connectivity index (χ4v) is 3.40. The Balaban J connectivity index is 2.17. The lowest BCUT2D eigenvalue weighted by Crippen LogP contribution is -2.24. The van der Waals surface area contributed by atoms with Crippen LogP contribution in [0.2, 0.25) is 0 Å². The van der Waals surface area contributed by atoms with Crippen molar-refractivity contribution in [3.8, 4) is 0 Å². The maximum atomic E-state index is 13.0. The first-order chi connectivity index (χ1) is 11.6. The molecule has 136 valence electrons. The Hall–Kier alpha value is -2.06. The minimum absolute atomic E-state index is 0.203. The van der Waals surface area contributed by atoms with Gasteiger partial charge in [-0.1, -0.05) is 32.9 Å². The van der Waals surface area contributed by atoms with Gasteiger partial charge in [0.25, 0.3) is 0 Å². The lowest BCUT2D eigenvalue weighted by atomic mass is 9.96. The molecule has 0 aliphatic carbocycles. The maximum Gasteiger partial charge on any atom is 0.236 e. The van der Waals surface area contributed by atoms with E-state index in [4.69, 9.17) is 4.74 Å². The largest absolute Gasteiger partial charge is 0.376 e. The van der Waals surface area contributed by atoms with Gasteiger partial charge in [-0.25, -0.2) is 22.8 Å². The van der Waals surface area contributed by atoms with Crippen molar-refractivity contribution >= 4 is 15.8 Å². The van der Waals surface area contributed by atoms with E-state index in [0.717, 1.165) is 0 Å². The van der Waals surface area contributed by atoms with Gasteiger partial charge in [-0.2, -0.15) is 0 Å². The van der Waals surface area contributed by atoms with Crippen molar-refractivity contribution in [2.75, 3.05) is 17.6 Å². The van der Waals surface area contributed by atoms with Crippen molar-refractivity contribution in [1.82, 2.24) is 9.97 Å². The predicted molar refractivity (Wildman–Crippen MR) is 94.3 cm³/mol. The fraction of sp³-hybridized carbons (Fsp3) is 0.412. The molecule has 0 amide bonds. The van der Waals surface area contributed by atoms with Gasteiger partial charge in [-0.3, -0.25) is 4.72 Å². The molecule has 1 atom stereocenters. The smallest absolute Gasteiger partial charge is 0.236 e. The number of methoxy groups -OCH3 is 1.